The Morgan fingerprint density at radius 3 is 2.80 bits per heavy atom. The van der Waals surface area contributed by atoms with Crippen LogP contribution < -0.4 is 0 Å². The van der Waals surface area contributed by atoms with Gasteiger partial charge in [-0.3, -0.25) is 4.79 Å². The molecule has 0 saturated heterocycles. The molecule has 0 rings (SSSR count). The van der Waals surface area contributed by atoms with Crippen molar-refractivity contribution in [2.24, 2.45) is 0 Å². The minimum absolute atomic E-state index is 0.155. The predicted octanol–water partition coefficient (Wildman–Crippen LogP) is 1.37. The lowest BCUT2D eigenvalue weighted by Gasteiger charge is -1.95. The molecule has 0 saturated carbocycles. The van der Waals surface area contributed by atoms with Gasteiger partial charge in [0.25, 0.3) is 0 Å². The molecule has 10 heavy (non-hydrogen) atoms. The largest absolute Gasteiger partial charge is 0.466 e. The van der Waals surface area contributed by atoms with E-state index < -0.39 is 0 Å². The second kappa shape index (κ2) is 6.76. The van der Waals surface area contributed by atoms with E-state index in [1.54, 1.807) is 6.92 Å². The molecule has 0 fully saturated rings. The SMILES string of the molecule is CCOC(=O)CC=CCP. The second-order valence-corrected chi connectivity index (χ2v) is 2.19. The monoisotopic (exact) mass is 160 g/mol. The summed E-state index contributed by atoms with van der Waals surface area (Å²) >= 11 is 0. The molecule has 1 atom stereocenters. The van der Waals surface area contributed by atoms with E-state index in [-0.39, 0.29) is 5.97 Å². The van der Waals surface area contributed by atoms with Crippen molar-refractivity contribution in [1.82, 2.24) is 0 Å². The number of carbonyl (C=O) groups is 1. The number of rotatable bonds is 4. The highest BCUT2D eigenvalue weighted by atomic mass is 31.0. The fourth-order valence-electron chi connectivity index (χ4n) is 0.496. The minimum atomic E-state index is -0.155. The van der Waals surface area contributed by atoms with Crippen molar-refractivity contribution in [3.63, 3.8) is 0 Å². The summed E-state index contributed by atoms with van der Waals surface area (Å²) < 4.78 is 4.69. The Bertz CT molecular complexity index is 121. The van der Waals surface area contributed by atoms with Gasteiger partial charge in [-0.15, -0.1) is 9.24 Å². The van der Waals surface area contributed by atoms with Gasteiger partial charge in [-0.2, -0.15) is 0 Å². The van der Waals surface area contributed by atoms with Crippen LogP contribution in [0.2, 0.25) is 0 Å². The Kier molecular flexibility index (Phi) is 6.51. The second-order valence-electron chi connectivity index (χ2n) is 1.72. The van der Waals surface area contributed by atoms with Crippen molar-refractivity contribution in [3.05, 3.63) is 12.2 Å². The number of allylic oxidation sites excluding steroid dienone is 1. The topological polar surface area (TPSA) is 26.3 Å². The molecule has 0 aromatic carbocycles. The van der Waals surface area contributed by atoms with Crippen LogP contribution >= 0.6 is 9.24 Å². The van der Waals surface area contributed by atoms with E-state index in [0.29, 0.717) is 13.0 Å². The molecular weight excluding hydrogens is 147 g/mol. The molecule has 2 nitrogen and oxygen atoms in total. The van der Waals surface area contributed by atoms with Crippen molar-refractivity contribution in [2.45, 2.75) is 13.3 Å². The smallest absolute Gasteiger partial charge is 0.309 e. The lowest BCUT2D eigenvalue weighted by atomic mass is 10.4. The van der Waals surface area contributed by atoms with E-state index in [1.165, 1.54) is 0 Å². The Balaban J connectivity index is 3.30. The molecule has 0 amide bonds. The molecule has 0 aliphatic heterocycles. The Morgan fingerprint density at radius 1 is 1.60 bits per heavy atom. The van der Waals surface area contributed by atoms with Crippen LogP contribution in [-0.2, 0) is 9.53 Å². The number of carbonyl (C=O) groups excluding carboxylic acids is 1. The molecule has 0 spiro atoms. The fraction of sp³-hybridized carbons (Fsp3) is 0.571. The number of hydrogen-bond donors (Lipinski definition) is 0. The number of hydrogen-bond acceptors (Lipinski definition) is 2. The first kappa shape index (κ1) is 9.64. The summed E-state index contributed by atoms with van der Waals surface area (Å²) in [6, 6.07) is 0. The van der Waals surface area contributed by atoms with Crippen molar-refractivity contribution >= 4 is 15.2 Å². The van der Waals surface area contributed by atoms with Gasteiger partial charge in [-0.25, -0.2) is 0 Å². The van der Waals surface area contributed by atoms with Gasteiger partial charge in [-0.1, -0.05) is 12.2 Å². The summed E-state index contributed by atoms with van der Waals surface area (Å²) in [4.78, 5) is 10.6. The molecule has 0 bridgehead atoms. The first-order valence-electron chi connectivity index (χ1n) is 3.32. The van der Waals surface area contributed by atoms with Crippen molar-refractivity contribution in [3.8, 4) is 0 Å². The molecule has 0 aliphatic rings. The third kappa shape index (κ3) is 5.77. The van der Waals surface area contributed by atoms with Gasteiger partial charge < -0.3 is 4.74 Å². The highest BCUT2D eigenvalue weighted by Gasteiger charge is 1.94. The predicted molar refractivity (Wildman–Crippen MR) is 45.0 cm³/mol. The van der Waals surface area contributed by atoms with Crippen LogP contribution in [0.25, 0.3) is 0 Å². The summed E-state index contributed by atoms with van der Waals surface area (Å²) in [7, 11) is 2.55. The van der Waals surface area contributed by atoms with Crippen LogP contribution in [0.3, 0.4) is 0 Å². The van der Waals surface area contributed by atoms with Crippen LogP contribution in [0.15, 0.2) is 12.2 Å². The lowest BCUT2D eigenvalue weighted by molar-refractivity contribution is -0.142. The fourth-order valence-corrected chi connectivity index (χ4v) is 0.688. The van der Waals surface area contributed by atoms with Crippen molar-refractivity contribution in [2.75, 3.05) is 12.8 Å². The Hall–Kier alpha value is -0.360. The summed E-state index contributed by atoms with van der Waals surface area (Å²) in [6.07, 6.45) is 5.01. The average molecular weight is 160 g/mol. The number of ether oxygens (including phenoxy) is 1. The van der Waals surface area contributed by atoms with E-state index in [9.17, 15) is 4.79 Å². The molecule has 0 aromatic heterocycles. The molecule has 0 radical (unpaired) electrons. The first-order valence-corrected chi connectivity index (χ1v) is 4.13. The molecular formula is C7H13O2P. The van der Waals surface area contributed by atoms with Gasteiger partial charge in [-0.05, 0) is 13.1 Å². The zero-order valence-corrected chi connectivity index (χ0v) is 7.32. The standard InChI is InChI=1S/C7H13O2P/c1-2-9-7(8)5-3-4-6-10/h3-4H,2,5-6,10H2,1H3. The van der Waals surface area contributed by atoms with Gasteiger partial charge in [0.15, 0.2) is 0 Å². The lowest BCUT2D eigenvalue weighted by Crippen LogP contribution is -2.01. The first-order chi connectivity index (χ1) is 4.81. The molecule has 1 unspecified atom stereocenters. The maximum Gasteiger partial charge on any atom is 0.309 e. The van der Waals surface area contributed by atoms with Gasteiger partial charge in [0.05, 0.1) is 13.0 Å². The zero-order valence-electron chi connectivity index (χ0n) is 6.17. The normalized spacial score (nSPS) is 10.2. The molecule has 0 heterocycles. The number of esters is 1. The van der Waals surface area contributed by atoms with E-state index in [2.05, 4.69) is 9.24 Å². The Labute approximate surface area is 63.8 Å². The van der Waals surface area contributed by atoms with Crippen LogP contribution in [0.1, 0.15) is 13.3 Å². The van der Waals surface area contributed by atoms with Gasteiger partial charge >= 0.3 is 5.97 Å². The van der Waals surface area contributed by atoms with Crippen molar-refractivity contribution < 1.29 is 9.53 Å². The van der Waals surface area contributed by atoms with E-state index in [4.69, 9.17) is 4.74 Å². The summed E-state index contributed by atoms with van der Waals surface area (Å²) in [5, 5.41) is 0. The summed E-state index contributed by atoms with van der Waals surface area (Å²) in [6.45, 7) is 2.27. The molecule has 0 N–H and O–H groups in total. The maximum atomic E-state index is 10.6. The van der Waals surface area contributed by atoms with E-state index in [1.807, 2.05) is 12.2 Å². The van der Waals surface area contributed by atoms with Crippen molar-refractivity contribution in [1.29, 1.82) is 0 Å². The summed E-state index contributed by atoms with van der Waals surface area (Å²) in [5.74, 6) is -0.155. The Morgan fingerprint density at radius 2 is 2.30 bits per heavy atom. The van der Waals surface area contributed by atoms with E-state index in [0.717, 1.165) is 6.16 Å². The van der Waals surface area contributed by atoms with Gasteiger partial charge in [0.1, 0.15) is 0 Å². The molecule has 3 heteroatoms. The van der Waals surface area contributed by atoms with Gasteiger partial charge in [0, 0.05) is 0 Å². The third-order valence-electron chi connectivity index (χ3n) is 0.893. The summed E-state index contributed by atoms with van der Waals surface area (Å²) in [5.41, 5.74) is 0. The van der Waals surface area contributed by atoms with Crippen LogP contribution in [0.4, 0.5) is 0 Å². The van der Waals surface area contributed by atoms with Crippen LogP contribution in [-0.4, -0.2) is 18.7 Å². The van der Waals surface area contributed by atoms with Crippen LogP contribution in [0.5, 0.6) is 0 Å². The zero-order chi connectivity index (χ0) is 7.82. The molecule has 58 valence electrons. The van der Waals surface area contributed by atoms with E-state index >= 15 is 0 Å². The molecule has 0 aliphatic carbocycles. The highest BCUT2D eigenvalue weighted by molar-refractivity contribution is 7.16. The third-order valence-corrected chi connectivity index (χ3v) is 1.16. The minimum Gasteiger partial charge on any atom is -0.466 e. The maximum absolute atomic E-state index is 10.6. The average Bonchev–Trinajstić information content (AvgIpc) is 1.89. The van der Waals surface area contributed by atoms with Crippen LogP contribution in [0, 0.1) is 0 Å². The quantitative estimate of drug-likeness (QED) is 0.352. The highest BCUT2D eigenvalue weighted by Crippen LogP contribution is 1.90. The molecule has 0 aromatic rings. The van der Waals surface area contributed by atoms with Gasteiger partial charge in [0.2, 0.25) is 0 Å².